The summed E-state index contributed by atoms with van der Waals surface area (Å²) in [6.07, 6.45) is 1.73. The Morgan fingerprint density at radius 3 is 2.89 bits per heavy atom. The van der Waals surface area contributed by atoms with Crippen LogP contribution in [0.1, 0.15) is 30.9 Å². The van der Waals surface area contributed by atoms with Crippen LogP contribution in [0.4, 0.5) is 0 Å². The van der Waals surface area contributed by atoms with E-state index < -0.39 is 0 Å². The van der Waals surface area contributed by atoms with Crippen LogP contribution in [0.3, 0.4) is 0 Å². The average Bonchev–Trinajstić information content (AvgIpc) is 2.77. The molecule has 0 radical (unpaired) electrons. The zero-order chi connectivity index (χ0) is 13.8. The van der Waals surface area contributed by atoms with Gasteiger partial charge in [0.15, 0.2) is 0 Å². The predicted octanol–water partition coefficient (Wildman–Crippen LogP) is 2.86. The van der Waals surface area contributed by atoms with E-state index in [-0.39, 0.29) is 0 Å². The lowest BCUT2D eigenvalue weighted by Crippen LogP contribution is -2.39. The molecule has 1 aromatic carbocycles. The zero-order valence-corrected chi connectivity index (χ0v) is 13.2. The average molecular weight is 325 g/mol. The summed E-state index contributed by atoms with van der Waals surface area (Å²) in [4.78, 5) is 13.5. The number of amides is 1. The molecule has 1 heterocycles. The number of nitrogens with one attached hydrogen (secondary N) is 1. The first-order chi connectivity index (χ1) is 9.06. The molecule has 0 bridgehead atoms. The summed E-state index contributed by atoms with van der Waals surface area (Å²) >= 11 is 3.51. The fourth-order valence-corrected chi connectivity index (χ4v) is 2.65. The molecule has 1 fully saturated rings. The maximum Gasteiger partial charge on any atom is 0.222 e. The van der Waals surface area contributed by atoms with Crippen molar-refractivity contribution in [2.75, 3.05) is 13.1 Å². The Balaban J connectivity index is 1.81. The highest BCUT2D eigenvalue weighted by Crippen LogP contribution is 2.17. The standard InChI is InChI=1S/C15H21BrN2O/c1-11-8-13(5-6-14(11)16)9-17-12(2)10-18-7-3-4-15(18)19/h5-6,8,12,17H,3-4,7,9-10H2,1-2H3. The topological polar surface area (TPSA) is 32.3 Å². The van der Waals surface area contributed by atoms with Crippen LogP contribution in [-0.2, 0) is 11.3 Å². The van der Waals surface area contributed by atoms with Crippen LogP contribution in [0.15, 0.2) is 22.7 Å². The number of hydrogen-bond donors (Lipinski definition) is 1. The molecule has 1 aliphatic heterocycles. The van der Waals surface area contributed by atoms with Crippen molar-refractivity contribution in [3.8, 4) is 0 Å². The molecule has 0 spiro atoms. The molecule has 2 rings (SSSR count). The zero-order valence-electron chi connectivity index (χ0n) is 11.6. The molecule has 104 valence electrons. The second-order valence-corrected chi connectivity index (χ2v) is 6.16. The maximum atomic E-state index is 11.6. The van der Waals surface area contributed by atoms with Crippen molar-refractivity contribution in [3.63, 3.8) is 0 Å². The van der Waals surface area contributed by atoms with Crippen molar-refractivity contribution in [1.82, 2.24) is 10.2 Å². The predicted molar refractivity (Wildman–Crippen MR) is 81.0 cm³/mol. The van der Waals surface area contributed by atoms with Gasteiger partial charge in [-0.05, 0) is 37.5 Å². The van der Waals surface area contributed by atoms with Crippen LogP contribution in [0.2, 0.25) is 0 Å². The van der Waals surface area contributed by atoms with Gasteiger partial charge in [0.1, 0.15) is 0 Å². The molecular formula is C15H21BrN2O. The molecule has 1 amide bonds. The number of carbonyl (C=O) groups excluding carboxylic acids is 1. The summed E-state index contributed by atoms with van der Waals surface area (Å²) in [5.74, 6) is 0.299. The van der Waals surface area contributed by atoms with E-state index >= 15 is 0 Å². The van der Waals surface area contributed by atoms with Gasteiger partial charge >= 0.3 is 0 Å². The molecule has 4 heteroatoms. The van der Waals surface area contributed by atoms with Crippen molar-refractivity contribution in [3.05, 3.63) is 33.8 Å². The summed E-state index contributed by atoms with van der Waals surface area (Å²) in [6.45, 7) is 6.81. The third-order valence-corrected chi connectivity index (χ3v) is 4.43. The Morgan fingerprint density at radius 2 is 2.26 bits per heavy atom. The molecule has 1 aromatic rings. The van der Waals surface area contributed by atoms with Gasteiger partial charge < -0.3 is 10.2 Å². The molecule has 1 saturated heterocycles. The van der Waals surface area contributed by atoms with E-state index in [2.05, 4.69) is 53.3 Å². The van der Waals surface area contributed by atoms with E-state index in [0.29, 0.717) is 11.9 Å². The van der Waals surface area contributed by atoms with Gasteiger partial charge in [0.05, 0.1) is 0 Å². The van der Waals surface area contributed by atoms with Gasteiger partial charge in [0, 0.05) is 36.6 Å². The first kappa shape index (κ1) is 14.5. The van der Waals surface area contributed by atoms with Gasteiger partial charge in [-0.1, -0.05) is 28.1 Å². The number of carbonyl (C=O) groups is 1. The highest BCUT2D eigenvalue weighted by molar-refractivity contribution is 9.10. The normalized spacial score (nSPS) is 17.0. The third-order valence-electron chi connectivity index (χ3n) is 3.54. The van der Waals surface area contributed by atoms with Crippen LogP contribution >= 0.6 is 15.9 Å². The monoisotopic (exact) mass is 324 g/mol. The fourth-order valence-electron chi connectivity index (χ4n) is 2.40. The molecule has 0 aromatic heterocycles. The van der Waals surface area contributed by atoms with Crippen molar-refractivity contribution in [1.29, 1.82) is 0 Å². The summed E-state index contributed by atoms with van der Waals surface area (Å²) in [5.41, 5.74) is 2.53. The Labute approximate surface area is 123 Å². The molecule has 1 aliphatic rings. The fraction of sp³-hybridized carbons (Fsp3) is 0.533. The van der Waals surface area contributed by atoms with Gasteiger partial charge in [-0.25, -0.2) is 0 Å². The lowest BCUT2D eigenvalue weighted by molar-refractivity contribution is -0.127. The van der Waals surface area contributed by atoms with Gasteiger partial charge in [-0.3, -0.25) is 4.79 Å². The third kappa shape index (κ3) is 4.05. The van der Waals surface area contributed by atoms with Gasteiger partial charge in [-0.15, -0.1) is 0 Å². The van der Waals surface area contributed by atoms with E-state index in [4.69, 9.17) is 0 Å². The summed E-state index contributed by atoms with van der Waals surface area (Å²) in [6, 6.07) is 6.72. The molecule has 0 saturated carbocycles. The maximum absolute atomic E-state index is 11.6. The molecule has 0 aliphatic carbocycles. The van der Waals surface area contributed by atoms with Crippen molar-refractivity contribution < 1.29 is 4.79 Å². The van der Waals surface area contributed by atoms with Crippen molar-refractivity contribution >= 4 is 21.8 Å². The molecule has 1 unspecified atom stereocenters. The minimum absolute atomic E-state index is 0.299. The number of likely N-dealkylation sites (tertiary alicyclic amines) is 1. The first-order valence-corrected chi connectivity index (χ1v) is 7.62. The minimum Gasteiger partial charge on any atom is -0.341 e. The lowest BCUT2D eigenvalue weighted by atomic mass is 10.1. The van der Waals surface area contributed by atoms with Gasteiger partial charge in [0.25, 0.3) is 0 Å². The summed E-state index contributed by atoms with van der Waals surface area (Å²) in [5, 5.41) is 3.48. The second-order valence-electron chi connectivity index (χ2n) is 5.31. The van der Waals surface area contributed by atoms with Crippen LogP contribution < -0.4 is 5.32 Å². The van der Waals surface area contributed by atoms with E-state index in [9.17, 15) is 4.79 Å². The molecular weight excluding hydrogens is 304 g/mol. The molecule has 1 atom stereocenters. The lowest BCUT2D eigenvalue weighted by Gasteiger charge is -2.21. The molecule has 1 N–H and O–H groups in total. The van der Waals surface area contributed by atoms with Crippen LogP contribution in [0.25, 0.3) is 0 Å². The number of aryl methyl sites for hydroxylation is 1. The number of hydrogen-bond acceptors (Lipinski definition) is 2. The summed E-state index contributed by atoms with van der Waals surface area (Å²) in [7, 11) is 0. The van der Waals surface area contributed by atoms with Crippen LogP contribution in [0.5, 0.6) is 0 Å². The van der Waals surface area contributed by atoms with E-state index in [1.165, 1.54) is 11.1 Å². The largest absolute Gasteiger partial charge is 0.341 e. The van der Waals surface area contributed by atoms with Crippen LogP contribution in [0, 0.1) is 6.92 Å². The number of halogens is 1. The Kier molecular flexibility index (Phi) is 4.99. The summed E-state index contributed by atoms with van der Waals surface area (Å²) < 4.78 is 1.15. The number of nitrogens with zero attached hydrogens (tertiary/aromatic N) is 1. The molecule has 3 nitrogen and oxygen atoms in total. The van der Waals surface area contributed by atoms with Gasteiger partial charge in [-0.2, -0.15) is 0 Å². The number of rotatable bonds is 5. The Hall–Kier alpha value is -0.870. The number of benzene rings is 1. The van der Waals surface area contributed by atoms with Crippen molar-refractivity contribution in [2.24, 2.45) is 0 Å². The smallest absolute Gasteiger partial charge is 0.222 e. The van der Waals surface area contributed by atoms with Gasteiger partial charge in [0.2, 0.25) is 5.91 Å². The van der Waals surface area contributed by atoms with E-state index in [1.807, 2.05) is 4.90 Å². The van der Waals surface area contributed by atoms with E-state index in [1.54, 1.807) is 0 Å². The van der Waals surface area contributed by atoms with E-state index in [0.717, 1.165) is 36.9 Å². The molecule has 19 heavy (non-hydrogen) atoms. The van der Waals surface area contributed by atoms with Crippen LogP contribution in [-0.4, -0.2) is 29.9 Å². The Bertz CT molecular complexity index is 461. The highest BCUT2D eigenvalue weighted by Gasteiger charge is 2.21. The first-order valence-electron chi connectivity index (χ1n) is 6.82. The second kappa shape index (κ2) is 6.53. The highest BCUT2D eigenvalue weighted by atomic mass is 79.9. The van der Waals surface area contributed by atoms with Crippen molar-refractivity contribution in [2.45, 2.75) is 39.3 Å². The SMILES string of the molecule is Cc1cc(CNC(C)CN2CCCC2=O)ccc1Br. The Morgan fingerprint density at radius 1 is 1.47 bits per heavy atom. The minimum atomic E-state index is 0.299. The quantitative estimate of drug-likeness (QED) is 0.903.